The van der Waals surface area contributed by atoms with E-state index in [1.54, 1.807) is 6.92 Å². The van der Waals surface area contributed by atoms with Crippen molar-refractivity contribution in [2.24, 2.45) is 17.6 Å². The maximum atomic E-state index is 11.7. The van der Waals surface area contributed by atoms with Gasteiger partial charge in [0.15, 0.2) is 0 Å². The Bertz CT molecular complexity index is 336. The van der Waals surface area contributed by atoms with E-state index in [4.69, 9.17) is 10.8 Å². The van der Waals surface area contributed by atoms with Gasteiger partial charge in [0.1, 0.15) is 6.04 Å². The second-order valence-electron chi connectivity index (χ2n) is 5.92. The number of urea groups is 1. The van der Waals surface area contributed by atoms with Crippen molar-refractivity contribution in [1.29, 1.82) is 0 Å². The van der Waals surface area contributed by atoms with Crippen molar-refractivity contribution < 1.29 is 19.8 Å². The van der Waals surface area contributed by atoms with Gasteiger partial charge < -0.3 is 26.6 Å². The molecule has 6 N–H and O–H groups in total. The van der Waals surface area contributed by atoms with Crippen LogP contribution in [0.3, 0.4) is 0 Å². The van der Waals surface area contributed by atoms with E-state index in [9.17, 15) is 14.7 Å². The minimum absolute atomic E-state index is 0.00738. The van der Waals surface area contributed by atoms with E-state index in [1.165, 1.54) is 0 Å². The Kier molecular flexibility index (Phi) is 8.96. The largest absolute Gasteiger partial charge is 0.480 e. The Labute approximate surface area is 126 Å². The highest BCUT2D eigenvalue weighted by molar-refractivity contribution is 5.82. The summed E-state index contributed by atoms with van der Waals surface area (Å²) in [5.74, 6) is -0.900. The van der Waals surface area contributed by atoms with Crippen molar-refractivity contribution in [3.05, 3.63) is 0 Å². The number of carboxylic acids is 1. The highest BCUT2D eigenvalue weighted by Crippen LogP contribution is 2.08. The van der Waals surface area contributed by atoms with Gasteiger partial charge in [-0.1, -0.05) is 34.1 Å². The lowest BCUT2D eigenvalue weighted by Gasteiger charge is -2.23. The molecule has 0 spiro atoms. The Hall–Kier alpha value is -1.34. The summed E-state index contributed by atoms with van der Waals surface area (Å²) in [5, 5.41) is 23.8. The molecule has 2 unspecified atom stereocenters. The monoisotopic (exact) mass is 303 g/mol. The van der Waals surface area contributed by atoms with Gasteiger partial charge >= 0.3 is 12.0 Å². The fraction of sp³-hybridized carbons (Fsp3) is 0.857. The Balaban J connectivity index is 4.27. The summed E-state index contributed by atoms with van der Waals surface area (Å²) in [6.07, 6.45) is 0.429. The molecule has 21 heavy (non-hydrogen) atoms. The van der Waals surface area contributed by atoms with E-state index in [0.717, 1.165) is 0 Å². The summed E-state index contributed by atoms with van der Waals surface area (Å²) in [7, 11) is 0. The lowest BCUT2D eigenvalue weighted by molar-refractivity contribution is -0.140. The zero-order chi connectivity index (χ0) is 16.6. The SMILES string of the molecule is CCC(C)[C@H](NC(=O)NCC(O)[C@@H](N)CC(C)C)C(=O)O. The minimum atomic E-state index is -1.07. The molecular weight excluding hydrogens is 274 g/mol. The van der Waals surface area contributed by atoms with Gasteiger partial charge in [0.25, 0.3) is 0 Å². The number of amides is 2. The number of hydrogen-bond donors (Lipinski definition) is 5. The number of aliphatic carboxylic acids is 1. The summed E-state index contributed by atoms with van der Waals surface area (Å²) >= 11 is 0. The van der Waals surface area contributed by atoms with Gasteiger partial charge in [-0.05, 0) is 18.3 Å². The first-order valence-electron chi connectivity index (χ1n) is 7.39. The first-order valence-corrected chi connectivity index (χ1v) is 7.39. The predicted molar refractivity (Wildman–Crippen MR) is 80.9 cm³/mol. The molecule has 7 nitrogen and oxygen atoms in total. The van der Waals surface area contributed by atoms with Crippen molar-refractivity contribution in [2.75, 3.05) is 6.54 Å². The Morgan fingerprint density at radius 2 is 1.81 bits per heavy atom. The van der Waals surface area contributed by atoms with Crippen LogP contribution in [0.25, 0.3) is 0 Å². The molecule has 0 radical (unpaired) electrons. The second-order valence-corrected chi connectivity index (χ2v) is 5.92. The Morgan fingerprint density at radius 1 is 1.24 bits per heavy atom. The molecule has 0 saturated heterocycles. The van der Waals surface area contributed by atoms with Crippen LogP contribution in [0.2, 0.25) is 0 Å². The molecule has 124 valence electrons. The van der Waals surface area contributed by atoms with Gasteiger partial charge in [0.05, 0.1) is 6.10 Å². The Morgan fingerprint density at radius 3 is 2.24 bits per heavy atom. The average molecular weight is 303 g/mol. The first-order chi connectivity index (χ1) is 9.68. The van der Waals surface area contributed by atoms with Crippen molar-refractivity contribution in [3.63, 3.8) is 0 Å². The van der Waals surface area contributed by atoms with Crippen LogP contribution >= 0.6 is 0 Å². The molecule has 0 aromatic heterocycles. The quantitative estimate of drug-likeness (QED) is 0.425. The predicted octanol–water partition coefficient (Wildman–Crippen LogP) is 0.519. The number of carbonyl (C=O) groups is 2. The fourth-order valence-corrected chi connectivity index (χ4v) is 1.93. The zero-order valence-electron chi connectivity index (χ0n) is 13.3. The van der Waals surface area contributed by atoms with Crippen LogP contribution < -0.4 is 16.4 Å². The van der Waals surface area contributed by atoms with E-state index in [-0.39, 0.29) is 12.5 Å². The maximum Gasteiger partial charge on any atom is 0.326 e. The number of aliphatic hydroxyl groups excluding tert-OH is 1. The van der Waals surface area contributed by atoms with Gasteiger partial charge in [-0.15, -0.1) is 0 Å². The van der Waals surface area contributed by atoms with E-state index in [2.05, 4.69) is 10.6 Å². The standard InChI is InChI=1S/C14H29N3O4/c1-5-9(4)12(13(19)20)17-14(21)16-7-11(18)10(15)6-8(2)3/h8-12,18H,5-7,15H2,1-4H3,(H,19,20)(H2,16,17,21)/t9?,10-,11?,12-/m0/s1. The minimum Gasteiger partial charge on any atom is -0.480 e. The third-order valence-electron chi connectivity index (χ3n) is 3.48. The topological polar surface area (TPSA) is 125 Å². The summed E-state index contributed by atoms with van der Waals surface area (Å²) in [6, 6.07) is -1.98. The number of aliphatic hydroxyl groups is 1. The van der Waals surface area contributed by atoms with E-state index < -0.39 is 30.2 Å². The number of carboxylic acid groups (broad SMARTS) is 1. The van der Waals surface area contributed by atoms with Crippen LogP contribution in [-0.4, -0.2) is 46.9 Å². The molecule has 2 amide bonds. The van der Waals surface area contributed by atoms with Gasteiger partial charge in [0.2, 0.25) is 0 Å². The highest BCUT2D eigenvalue weighted by Gasteiger charge is 2.25. The molecule has 4 atom stereocenters. The molecule has 0 saturated carbocycles. The lowest BCUT2D eigenvalue weighted by atomic mass is 9.99. The summed E-state index contributed by atoms with van der Waals surface area (Å²) < 4.78 is 0. The van der Waals surface area contributed by atoms with Crippen LogP contribution in [0.15, 0.2) is 0 Å². The summed E-state index contributed by atoms with van der Waals surface area (Å²) in [5.41, 5.74) is 5.81. The van der Waals surface area contributed by atoms with Crippen molar-refractivity contribution >= 4 is 12.0 Å². The van der Waals surface area contributed by atoms with Crippen LogP contribution in [0.1, 0.15) is 40.5 Å². The second kappa shape index (κ2) is 9.57. The number of rotatable bonds is 9. The number of nitrogens with one attached hydrogen (secondary N) is 2. The van der Waals surface area contributed by atoms with E-state index >= 15 is 0 Å². The zero-order valence-corrected chi connectivity index (χ0v) is 13.3. The van der Waals surface area contributed by atoms with Gasteiger partial charge in [-0.2, -0.15) is 0 Å². The summed E-state index contributed by atoms with van der Waals surface area (Å²) in [6.45, 7) is 7.60. The van der Waals surface area contributed by atoms with Gasteiger partial charge in [-0.3, -0.25) is 0 Å². The number of carbonyl (C=O) groups excluding carboxylic acids is 1. The normalized spacial score (nSPS) is 16.9. The van der Waals surface area contributed by atoms with E-state index in [1.807, 2.05) is 20.8 Å². The fourth-order valence-electron chi connectivity index (χ4n) is 1.93. The maximum absolute atomic E-state index is 11.7. The van der Waals surface area contributed by atoms with Crippen LogP contribution in [0, 0.1) is 11.8 Å². The third kappa shape index (κ3) is 7.87. The molecular formula is C14H29N3O4. The number of nitrogens with two attached hydrogens (primary N) is 1. The third-order valence-corrected chi connectivity index (χ3v) is 3.48. The smallest absolute Gasteiger partial charge is 0.326 e. The van der Waals surface area contributed by atoms with Gasteiger partial charge in [0, 0.05) is 12.6 Å². The van der Waals surface area contributed by atoms with Crippen molar-refractivity contribution in [1.82, 2.24) is 10.6 Å². The lowest BCUT2D eigenvalue weighted by Crippen LogP contribution is -2.52. The van der Waals surface area contributed by atoms with Crippen LogP contribution in [-0.2, 0) is 4.79 Å². The molecule has 0 rings (SSSR count). The molecule has 0 aliphatic rings. The first kappa shape index (κ1) is 19.7. The van der Waals surface area contributed by atoms with Crippen LogP contribution in [0.5, 0.6) is 0 Å². The molecule has 0 aromatic rings. The van der Waals surface area contributed by atoms with Gasteiger partial charge in [-0.25, -0.2) is 9.59 Å². The van der Waals surface area contributed by atoms with E-state index in [0.29, 0.717) is 18.8 Å². The van der Waals surface area contributed by atoms with Crippen molar-refractivity contribution in [3.8, 4) is 0 Å². The molecule has 7 heteroatoms. The molecule has 0 aliphatic heterocycles. The van der Waals surface area contributed by atoms with Crippen LogP contribution in [0.4, 0.5) is 4.79 Å². The molecule has 0 heterocycles. The highest BCUT2D eigenvalue weighted by atomic mass is 16.4. The average Bonchev–Trinajstić information content (AvgIpc) is 2.39. The number of hydrogen-bond acceptors (Lipinski definition) is 4. The van der Waals surface area contributed by atoms with Crippen molar-refractivity contribution in [2.45, 2.75) is 58.7 Å². The molecule has 0 bridgehead atoms. The molecule has 0 aromatic carbocycles. The molecule has 0 aliphatic carbocycles. The summed E-state index contributed by atoms with van der Waals surface area (Å²) in [4.78, 5) is 22.8. The molecule has 0 fully saturated rings.